The number of benzene rings is 2. The van der Waals surface area contributed by atoms with Crippen molar-refractivity contribution >= 4 is 11.6 Å². The van der Waals surface area contributed by atoms with E-state index in [1.165, 1.54) is 12.1 Å². The van der Waals surface area contributed by atoms with E-state index in [0.717, 1.165) is 37.3 Å². The lowest BCUT2D eigenvalue weighted by Gasteiger charge is -2.37. The molecule has 0 radical (unpaired) electrons. The van der Waals surface area contributed by atoms with Gasteiger partial charge in [0.1, 0.15) is 0 Å². The van der Waals surface area contributed by atoms with Crippen LogP contribution in [0.25, 0.3) is 0 Å². The number of piperazine rings is 1. The summed E-state index contributed by atoms with van der Waals surface area (Å²) in [5.41, 5.74) is 1.10. The van der Waals surface area contributed by atoms with Crippen molar-refractivity contribution in [1.82, 2.24) is 9.80 Å². The van der Waals surface area contributed by atoms with Gasteiger partial charge in [-0.2, -0.15) is 18.4 Å². The molecule has 0 bridgehead atoms. The van der Waals surface area contributed by atoms with Crippen LogP contribution in [0.3, 0.4) is 0 Å². The molecule has 8 heteroatoms. The molecule has 2 aromatic carbocycles. The molecule has 5 nitrogen and oxygen atoms in total. The number of carbonyl (C=O) groups excluding carboxylic acids is 1. The summed E-state index contributed by atoms with van der Waals surface area (Å²) >= 11 is 0. The Labute approximate surface area is 173 Å². The topological polar surface area (TPSA) is 59.4 Å². The van der Waals surface area contributed by atoms with Crippen LogP contribution in [0.4, 0.5) is 18.9 Å². The highest BCUT2D eigenvalue weighted by atomic mass is 19.4. The Balaban J connectivity index is 1.51. The number of amides is 1. The lowest BCUT2D eigenvalue weighted by Crippen LogP contribution is -2.52. The Bertz CT molecular complexity index is 913. The van der Waals surface area contributed by atoms with Gasteiger partial charge in [0.05, 0.1) is 23.2 Å². The smallest absolute Gasteiger partial charge is 0.325 e. The van der Waals surface area contributed by atoms with Gasteiger partial charge in [0.15, 0.2) is 0 Å². The maximum Gasteiger partial charge on any atom is 0.416 e. The van der Waals surface area contributed by atoms with Crippen LogP contribution in [-0.4, -0.2) is 47.9 Å². The van der Waals surface area contributed by atoms with Crippen molar-refractivity contribution in [3.05, 3.63) is 65.2 Å². The summed E-state index contributed by atoms with van der Waals surface area (Å²) in [7, 11) is 0. The normalized spacial score (nSPS) is 16.6. The quantitative estimate of drug-likeness (QED) is 0.807. The summed E-state index contributed by atoms with van der Waals surface area (Å²) in [6, 6.07) is 13.8. The molecule has 158 valence electrons. The molecule has 1 heterocycles. The highest BCUT2D eigenvalue weighted by Crippen LogP contribution is 2.30. The van der Waals surface area contributed by atoms with E-state index < -0.39 is 17.8 Å². The fourth-order valence-electron chi connectivity index (χ4n) is 3.44. The average Bonchev–Trinajstić information content (AvgIpc) is 2.74. The van der Waals surface area contributed by atoms with E-state index in [1.54, 1.807) is 19.1 Å². The molecule has 0 aromatic heterocycles. The molecule has 30 heavy (non-hydrogen) atoms. The maximum atomic E-state index is 12.8. The van der Waals surface area contributed by atoms with Gasteiger partial charge in [0.25, 0.3) is 0 Å². The fourth-order valence-corrected chi connectivity index (χ4v) is 3.44. The molecular weight excluding hydrogens is 393 g/mol. The van der Waals surface area contributed by atoms with E-state index in [2.05, 4.69) is 16.3 Å². The number of anilines is 1. The number of hydrogen-bond acceptors (Lipinski definition) is 4. The molecule has 3 rings (SSSR count). The van der Waals surface area contributed by atoms with Crippen LogP contribution in [0.15, 0.2) is 48.5 Å². The van der Waals surface area contributed by atoms with E-state index in [9.17, 15) is 18.0 Å². The van der Waals surface area contributed by atoms with Crippen molar-refractivity contribution in [1.29, 1.82) is 5.26 Å². The van der Waals surface area contributed by atoms with Crippen molar-refractivity contribution in [2.24, 2.45) is 0 Å². The van der Waals surface area contributed by atoms with Crippen molar-refractivity contribution in [3.8, 4) is 6.07 Å². The third-order valence-electron chi connectivity index (χ3n) is 5.28. The van der Waals surface area contributed by atoms with E-state index in [-0.39, 0.29) is 11.6 Å². The van der Waals surface area contributed by atoms with Crippen molar-refractivity contribution in [3.63, 3.8) is 0 Å². The molecule has 1 aliphatic rings. The minimum absolute atomic E-state index is 0.140. The van der Waals surface area contributed by atoms with E-state index in [4.69, 9.17) is 5.26 Å². The molecule has 0 saturated carbocycles. The van der Waals surface area contributed by atoms with Crippen LogP contribution in [-0.2, 0) is 17.5 Å². The molecule has 2 aromatic rings. The summed E-state index contributed by atoms with van der Waals surface area (Å²) < 4.78 is 38.5. The zero-order valence-corrected chi connectivity index (χ0v) is 16.6. The Kier molecular flexibility index (Phi) is 6.75. The average molecular weight is 416 g/mol. The number of carbonyl (C=O) groups is 1. The second-order valence-corrected chi connectivity index (χ2v) is 7.36. The Morgan fingerprint density at radius 3 is 2.40 bits per heavy atom. The molecule has 0 unspecified atom stereocenters. The second kappa shape index (κ2) is 9.28. The number of rotatable bonds is 5. The van der Waals surface area contributed by atoms with Gasteiger partial charge < -0.3 is 5.32 Å². The van der Waals surface area contributed by atoms with Crippen LogP contribution in [0, 0.1) is 11.3 Å². The predicted molar refractivity (Wildman–Crippen MR) is 108 cm³/mol. The minimum atomic E-state index is -4.45. The van der Waals surface area contributed by atoms with Gasteiger partial charge >= 0.3 is 6.18 Å². The van der Waals surface area contributed by atoms with Gasteiger partial charge in [-0.1, -0.05) is 18.2 Å². The van der Waals surface area contributed by atoms with Crippen LogP contribution in [0.1, 0.15) is 23.6 Å². The molecule has 1 amide bonds. The fraction of sp³-hybridized carbons (Fsp3) is 0.364. The summed E-state index contributed by atoms with van der Waals surface area (Å²) in [4.78, 5) is 16.8. The standard InChI is InChI=1S/C22H23F3N4O/c1-16(21(30)27-20-4-2-3-19(13-20)22(23,24)25)29-11-9-28(10-12-29)15-18-7-5-17(14-26)6-8-18/h2-8,13,16H,9-12,15H2,1H3,(H,27,30)/t16-/m0/s1. The molecule has 1 N–H and O–H groups in total. The molecule has 1 saturated heterocycles. The minimum Gasteiger partial charge on any atom is -0.325 e. The summed E-state index contributed by atoms with van der Waals surface area (Å²) in [6.45, 7) is 5.47. The van der Waals surface area contributed by atoms with Crippen LogP contribution >= 0.6 is 0 Å². The first-order valence-corrected chi connectivity index (χ1v) is 9.70. The number of nitriles is 1. The first-order valence-electron chi connectivity index (χ1n) is 9.70. The van der Waals surface area contributed by atoms with E-state index in [1.807, 2.05) is 17.0 Å². The Hall–Kier alpha value is -2.89. The number of halogens is 3. The van der Waals surface area contributed by atoms with Crippen molar-refractivity contribution in [2.45, 2.75) is 25.7 Å². The molecule has 0 spiro atoms. The third-order valence-corrected chi connectivity index (χ3v) is 5.28. The van der Waals surface area contributed by atoms with Gasteiger partial charge in [0, 0.05) is 38.4 Å². The molecule has 0 aliphatic carbocycles. The molecule has 1 atom stereocenters. The summed E-state index contributed by atoms with van der Waals surface area (Å²) in [5.74, 6) is -0.324. The molecular formula is C22H23F3N4O. The first-order chi connectivity index (χ1) is 14.3. The van der Waals surface area contributed by atoms with Gasteiger partial charge in [-0.25, -0.2) is 0 Å². The van der Waals surface area contributed by atoms with Gasteiger partial charge in [-0.3, -0.25) is 14.6 Å². The summed E-state index contributed by atoms with van der Waals surface area (Å²) in [6.07, 6.45) is -4.45. The summed E-state index contributed by atoms with van der Waals surface area (Å²) in [5, 5.41) is 11.5. The number of nitrogens with zero attached hydrogens (tertiary/aromatic N) is 3. The zero-order valence-electron chi connectivity index (χ0n) is 16.6. The van der Waals surface area contributed by atoms with E-state index >= 15 is 0 Å². The van der Waals surface area contributed by atoms with Crippen LogP contribution in [0.5, 0.6) is 0 Å². The second-order valence-electron chi connectivity index (χ2n) is 7.36. The highest BCUT2D eigenvalue weighted by molar-refractivity contribution is 5.94. The predicted octanol–water partition coefficient (Wildman–Crippen LogP) is 3.72. The molecule has 1 fully saturated rings. The maximum absolute atomic E-state index is 12.8. The third kappa shape index (κ3) is 5.59. The molecule has 1 aliphatic heterocycles. The lowest BCUT2D eigenvalue weighted by molar-refractivity contribution is -0.137. The van der Waals surface area contributed by atoms with Gasteiger partial charge in [0.2, 0.25) is 5.91 Å². The monoisotopic (exact) mass is 416 g/mol. The Morgan fingerprint density at radius 2 is 1.80 bits per heavy atom. The van der Waals surface area contributed by atoms with Crippen LogP contribution in [0.2, 0.25) is 0 Å². The van der Waals surface area contributed by atoms with Gasteiger partial charge in [-0.05, 0) is 42.8 Å². The van der Waals surface area contributed by atoms with Gasteiger partial charge in [-0.15, -0.1) is 0 Å². The zero-order chi connectivity index (χ0) is 21.7. The van der Waals surface area contributed by atoms with Crippen LogP contribution < -0.4 is 5.32 Å². The highest BCUT2D eigenvalue weighted by Gasteiger charge is 2.31. The SMILES string of the molecule is C[C@@H](C(=O)Nc1cccc(C(F)(F)F)c1)N1CCN(Cc2ccc(C#N)cc2)CC1. The number of hydrogen-bond donors (Lipinski definition) is 1. The number of alkyl halides is 3. The van der Waals surface area contributed by atoms with Crippen molar-refractivity contribution in [2.75, 3.05) is 31.5 Å². The van der Waals surface area contributed by atoms with Crippen molar-refractivity contribution < 1.29 is 18.0 Å². The van der Waals surface area contributed by atoms with E-state index in [0.29, 0.717) is 18.7 Å². The Morgan fingerprint density at radius 1 is 1.13 bits per heavy atom. The first kappa shape index (κ1) is 21.8. The number of nitrogens with one attached hydrogen (secondary N) is 1. The lowest BCUT2D eigenvalue weighted by atomic mass is 10.1. The largest absolute Gasteiger partial charge is 0.416 e.